The number of hydrogen-bond acceptors (Lipinski definition) is 3. The molecule has 0 radical (unpaired) electrons. The normalized spacial score (nSPS) is 17.6. The molecule has 0 saturated heterocycles. The summed E-state index contributed by atoms with van der Waals surface area (Å²) in [6.07, 6.45) is 3.00. The fourth-order valence-electron chi connectivity index (χ4n) is 2.81. The van der Waals surface area contributed by atoms with Crippen molar-refractivity contribution in [3.8, 4) is 0 Å². The zero-order valence-corrected chi connectivity index (χ0v) is 18.1. The highest BCUT2D eigenvalue weighted by Crippen LogP contribution is 2.24. The van der Waals surface area contributed by atoms with Gasteiger partial charge in [-0.15, -0.1) is 0 Å². The van der Waals surface area contributed by atoms with E-state index in [-0.39, 0.29) is 18.3 Å². The summed E-state index contributed by atoms with van der Waals surface area (Å²) in [5, 5.41) is 3.43. The molecule has 0 N–H and O–H groups in total. The first-order chi connectivity index (χ1) is 12.5. The molecule has 0 fully saturated rings. The Balaban J connectivity index is 2.64. The predicted octanol–water partition coefficient (Wildman–Crippen LogP) is 5.43. The van der Waals surface area contributed by atoms with E-state index in [9.17, 15) is 0 Å². The van der Waals surface area contributed by atoms with Crippen LogP contribution in [0.5, 0.6) is 0 Å². The summed E-state index contributed by atoms with van der Waals surface area (Å²) in [6.45, 7) is 12.7. The van der Waals surface area contributed by atoms with Crippen molar-refractivity contribution in [2.45, 2.75) is 79.1 Å². The first-order valence-corrected chi connectivity index (χ1v) is 11.7. The van der Waals surface area contributed by atoms with Gasteiger partial charge in [-0.05, 0) is 50.8 Å². The van der Waals surface area contributed by atoms with Gasteiger partial charge in [-0.25, -0.2) is 0 Å². The van der Waals surface area contributed by atoms with Crippen LogP contribution in [0.15, 0.2) is 42.5 Å². The Hall–Kier alpha value is -1.20. The molecule has 26 heavy (non-hydrogen) atoms. The highest BCUT2D eigenvalue weighted by Gasteiger charge is 2.48. The van der Waals surface area contributed by atoms with E-state index in [0.717, 1.165) is 29.8 Å². The molecule has 0 saturated carbocycles. The van der Waals surface area contributed by atoms with Crippen molar-refractivity contribution in [1.82, 2.24) is 0 Å². The molecular formula is C22H34O3Si. The molecule has 3 nitrogen and oxygen atoms in total. The van der Waals surface area contributed by atoms with E-state index in [0.29, 0.717) is 0 Å². The van der Waals surface area contributed by atoms with Gasteiger partial charge in [-0.3, -0.25) is 0 Å². The van der Waals surface area contributed by atoms with Crippen molar-refractivity contribution in [1.29, 1.82) is 0 Å². The maximum Gasteiger partial charge on any atom is 0.538 e. The van der Waals surface area contributed by atoms with E-state index in [1.54, 1.807) is 0 Å². The second kappa shape index (κ2) is 9.65. The van der Waals surface area contributed by atoms with Gasteiger partial charge in [0.1, 0.15) is 0 Å². The first kappa shape index (κ1) is 21.1. The van der Waals surface area contributed by atoms with Crippen LogP contribution < -0.4 is 5.19 Å². The summed E-state index contributed by atoms with van der Waals surface area (Å²) < 4.78 is 19.9. The Morgan fingerprint density at radius 2 is 1.15 bits per heavy atom. The highest BCUT2D eigenvalue weighted by molar-refractivity contribution is 6.77. The lowest BCUT2D eigenvalue weighted by Gasteiger charge is -2.36. The fourth-order valence-corrected chi connectivity index (χ4v) is 6.31. The predicted molar refractivity (Wildman–Crippen MR) is 112 cm³/mol. The smallest absolute Gasteiger partial charge is 0.367 e. The molecule has 4 heteroatoms. The summed E-state index contributed by atoms with van der Waals surface area (Å²) in [4.78, 5) is 0. The Kier molecular flexibility index (Phi) is 7.83. The Morgan fingerprint density at radius 1 is 0.692 bits per heavy atom. The zero-order valence-electron chi connectivity index (χ0n) is 17.1. The van der Waals surface area contributed by atoms with Gasteiger partial charge in [0.15, 0.2) is 0 Å². The molecule has 0 heterocycles. The number of fused-ring (bicyclic) bond motifs is 1. The van der Waals surface area contributed by atoms with Gasteiger partial charge in [-0.2, -0.15) is 0 Å². The topological polar surface area (TPSA) is 27.7 Å². The maximum atomic E-state index is 6.62. The minimum atomic E-state index is -3.09. The van der Waals surface area contributed by atoms with Crippen LogP contribution >= 0.6 is 0 Å². The van der Waals surface area contributed by atoms with Gasteiger partial charge < -0.3 is 13.3 Å². The molecule has 2 aromatic rings. The van der Waals surface area contributed by atoms with Crippen molar-refractivity contribution >= 4 is 24.8 Å². The summed E-state index contributed by atoms with van der Waals surface area (Å²) >= 11 is 0. The van der Waals surface area contributed by atoms with Crippen LogP contribution in [0, 0.1) is 0 Å². The molecule has 0 bridgehead atoms. The monoisotopic (exact) mass is 374 g/mol. The van der Waals surface area contributed by atoms with Crippen LogP contribution in [0.1, 0.15) is 60.8 Å². The molecule has 2 aromatic carbocycles. The average molecular weight is 375 g/mol. The standard InChI is InChI=1S/C22H34O3Si/c1-7-17(4)23-26(24-18(5)8-2,25-19(6)9-3)22-16-12-14-20-13-10-11-15-21(20)22/h10-19H,7-9H2,1-6H3. The van der Waals surface area contributed by atoms with Gasteiger partial charge in [0, 0.05) is 23.5 Å². The SMILES string of the molecule is CCC(C)O[Si](OC(C)CC)(OC(C)CC)c1cccc2ccccc12. The molecule has 0 aliphatic carbocycles. The van der Waals surface area contributed by atoms with Gasteiger partial charge in [-0.1, -0.05) is 63.2 Å². The third-order valence-electron chi connectivity index (χ3n) is 4.91. The summed E-state index contributed by atoms with van der Waals surface area (Å²) in [7, 11) is -3.09. The zero-order chi connectivity index (χ0) is 19.2. The van der Waals surface area contributed by atoms with Crippen LogP contribution in [0.4, 0.5) is 0 Å². The molecule has 0 aromatic heterocycles. The minimum Gasteiger partial charge on any atom is -0.367 e. The first-order valence-electron chi connectivity index (χ1n) is 9.97. The molecule has 0 aliphatic rings. The lowest BCUT2D eigenvalue weighted by molar-refractivity contribution is 0.000993. The van der Waals surface area contributed by atoms with Crippen LogP contribution in [0.2, 0.25) is 0 Å². The number of benzene rings is 2. The van der Waals surface area contributed by atoms with Crippen molar-refractivity contribution in [3.63, 3.8) is 0 Å². The van der Waals surface area contributed by atoms with E-state index in [4.69, 9.17) is 13.3 Å². The lowest BCUT2D eigenvalue weighted by atomic mass is 10.1. The Morgan fingerprint density at radius 3 is 1.65 bits per heavy atom. The second-order valence-corrected chi connectivity index (χ2v) is 9.45. The molecule has 3 unspecified atom stereocenters. The molecule has 0 aliphatic heterocycles. The summed E-state index contributed by atoms with van der Waals surface area (Å²) in [5.41, 5.74) is 0. The van der Waals surface area contributed by atoms with Crippen molar-refractivity contribution in [2.24, 2.45) is 0 Å². The fraction of sp³-hybridized carbons (Fsp3) is 0.545. The second-order valence-electron chi connectivity index (χ2n) is 7.09. The number of rotatable bonds is 10. The molecule has 0 spiro atoms. The van der Waals surface area contributed by atoms with Crippen molar-refractivity contribution < 1.29 is 13.3 Å². The molecule has 2 rings (SSSR count). The largest absolute Gasteiger partial charge is 0.538 e. The van der Waals surface area contributed by atoms with Crippen molar-refractivity contribution in [2.75, 3.05) is 0 Å². The van der Waals surface area contributed by atoms with E-state index in [2.05, 4.69) is 84.0 Å². The van der Waals surface area contributed by atoms with Crippen molar-refractivity contribution in [3.05, 3.63) is 42.5 Å². The average Bonchev–Trinajstić information content (AvgIpc) is 2.66. The number of hydrogen-bond donors (Lipinski definition) is 0. The molecule has 0 amide bonds. The van der Waals surface area contributed by atoms with E-state index >= 15 is 0 Å². The van der Waals surface area contributed by atoms with E-state index in [1.807, 2.05) is 0 Å². The van der Waals surface area contributed by atoms with Gasteiger partial charge in [0.25, 0.3) is 0 Å². The lowest BCUT2D eigenvalue weighted by Crippen LogP contribution is -2.61. The van der Waals surface area contributed by atoms with Gasteiger partial charge in [0.05, 0.1) is 0 Å². The van der Waals surface area contributed by atoms with Crippen LogP contribution in [-0.2, 0) is 13.3 Å². The quantitative estimate of drug-likeness (QED) is 0.519. The van der Waals surface area contributed by atoms with Gasteiger partial charge in [0.2, 0.25) is 0 Å². The van der Waals surface area contributed by atoms with Gasteiger partial charge >= 0.3 is 8.80 Å². The Bertz CT molecular complexity index is 651. The maximum absolute atomic E-state index is 6.62. The Labute approximate surface area is 160 Å². The summed E-state index contributed by atoms with van der Waals surface area (Å²) in [6, 6.07) is 14.8. The highest BCUT2D eigenvalue weighted by atomic mass is 28.4. The minimum absolute atomic E-state index is 0.0775. The van der Waals surface area contributed by atoms with Crippen LogP contribution in [-0.4, -0.2) is 27.1 Å². The van der Waals surface area contributed by atoms with Crippen LogP contribution in [0.25, 0.3) is 10.8 Å². The molecule has 144 valence electrons. The van der Waals surface area contributed by atoms with E-state index in [1.165, 1.54) is 5.39 Å². The third-order valence-corrected chi connectivity index (χ3v) is 8.15. The van der Waals surface area contributed by atoms with Crippen LogP contribution in [0.3, 0.4) is 0 Å². The van der Waals surface area contributed by atoms with E-state index < -0.39 is 8.80 Å². The molecule has 3 atom stereocenters. The molecular weight excluding hydrogens is 340 g/mol. The summed E-state index contributed by atoms with van der Waals surface area (Å²) in [5.74, 6) is 0. The third kappa shape index (κ3) is 4.95.